The Bertz CT molecular complexity index is 726. The number of carbonyl (C=O) groups excluding carboxylic acids is 1. The second-order valence-electron chi connectivity index (χ2n) is 8.78. The van der Waals surface area contributed by atoms with Crippen LogP contribution in [0.5, 0.6) is 0 Å². The third-order valence-corrected chi connectivity index (χ3v) is 6.92. The summed E-state index contributed by atoms with van der Waals surface area (Å²) >= 11 is 0. The van der Waals surface area contributed by atoms with Gasteiger partial charge in [-0.1, -0.05) is 73.5 Å². The van der Waals surface area contributed by atoms with E-state index in [0.717, 1.165) is 39.0 Å². The van der Waals surface area contributed by atoms with Gasteiger partial charge in [0.2, 0.25) is 0 Å². The Kier molecular flexibility index (Phi) is 6.63. The standard InChI is InChI=1S/C25H33N3O/c1-20(25(29)26-23-14-8-9-15-23)27-16-18-28(19-17-27)24(21-10-4-2-5-11-21)22-12-6-3-7-13-22/h2-7,10-13,20,23-24H,8-9,14-19H2,1H3,(H,26,29)/p+2/t20-/m0/s1. The molecule has 1 saturated heterocycles. The molecule has 154 valence electrons. The van der Waals surface area contributed by atoms with Gasteiger partial charge in [0.05, 0.1) is 0 Å². The average molecular weight is 394 g/mol. The van der Waals surface area contributed by atoms with Gasteiger partial charge in [-0.2, -0.15) is 0 Å². The summed E-state index contributed by atoms with van der Waals surface area (Å²) < 4.78 is 0. The van der Waals surface area contributed by atoms with Crippen molar-refractivity contribution in [3.05, 3.63) is 71.8 Å². The van der Waals surface area contributed by atoms with Crippen LogP contribution in [0, 0.1) is 0 Å². The maximum Gasteiger partial charge on any atom is 0.278 e. The lowest BCUT2D eigenvalue weighted by Gasteiger charge is -2.37. The molecule has 1 aliphatic heterocycles. The Labute approximate surface area is 174 Å². The van der Waals surface area contributed by atoms with Crippen LogP contribution in [0.1, 0.15) is 49.8 Å². The summed E-state index contributed by atoms with van der Waals surface area (Å²) in [7, 11) is 0. The second-order valence-corrected chi connectivity index (χ2v) is 8.78. The molecule has 2 aliphatic rings. The second kappa shape index (κ2) is 9.55. The fraction of sp³-hybridized carbons (Fsp3) is 0.480. The van der Waals surface area contributed by atoms with Crippen molar-refractivity contribution >= 4 is 5.91 Å². The highest BCUT2D eigenvalue weighted by atomic mass is 16.2. The minimum atomic E-state index is 0.0454. The zero-order valence-corrected chi connectivity index (χ0v) is 17.6. The monoisotopic (exact) mass is 393 g/mol. The summed E-state index contributed by atoms with van der Waals surface area (Å²) in [5.41, 5.74) is 2.76. The van der Waals surface area contributed by atoms with Crippen molar-refractivity contribution in [1.29, 1.82) is 0 Å². The highest BCUT2D eigenvalue weighted by molar-refractivity contribution is 5.80. The highest BCUT2D eigenvalue weighted by Crippen LogP contribution is 2.19. The van der Waals surface area contributed by atoms with Crippen LogP contribution in [0.4, 0.5) is 0 Å². The summed E-state index contributed by atoms with van der Waals surface area (Å²) in [6, 6.07) is 22.6. The molecular weight excluding hydrogens is 358 g/mol. The number of hydrogen-bond acceptors (Lipinski definition) is 1. The van der Waals surface area contributed by atoms with E-state index in [1.165, 1.54) is 28.9 Å². The summed E-state index contributed by atoms with van der Waals surface area (Å²) in [6.45, 7) is 6.38. The summed E-state index contributed by atoms with van der Waals surface area (Å²) in [5, 5.41) is 3.30. The zero-order chi connectivity index (χ0) is 20.1. The molecule has 4 rings (SSSR count). The minimum absolute atomic E-state index is 0.0454. The van der Waals surface area contributed by atoms with Crippen molar-refractivity contribution in [2.45, 2.75) is 50.7 Å². The van der Waals surface area contributed by atoms with Gasteiger partial charge in [-0.25, -0.2) is 0 Å². The predicted molar refractivity (Wildman–Crippen MR) is 116 cm³/mol. The van der Waals surface area contributed by atoms with Gasteiger partial charge in [-0.3, -0.25) is 4.79 Å². The van der Waals surface area contributed by atoms with Crippen LogP contribution in [-0.2, 0) is 4.79 Å². The van der Waals surface area contributed by atoms with Gasteiger partial charge < -0.3 is 15.1 Å². The minimum Gasteiger partial charge on any atom is -0.348 e. The predicted octanol–water partition coefficient (Wildman–Crippen LogP) is 1.01. The molecule has 0 aromatic heterocycles. The van der Waals surface area contributed by atoms with E-state index in [-0.39, 0.29) is 11.9 Å². The van der Waals surface area contributed by atoms with E-state index in [4.69, 9.17) is 0 Å². The Balaban J connectivity index is 1.41. The van der Waals surface area contributed by atoms with E-state index in [2.05, 4.69) is 72.9 Å². The van der Waals surface area contributed by atoms with Gasteiger partial charge in [0.1, 0.15) is 32.2 Å². The molecule has 1 amide bonds. The fourth-order valence-corrected chi connectivity index (χ4v) is 5.15. The molecule has 1 saturated carbocycles. The SMILES string of the molecule is C[C@@H](C(=O)NC1CCCC1)[NH+]1CC[NH+](C(c2ccccc2)c2ccccc2)CC1. The van der Waals surface area contributed by atoms with Crippen molar-refractivity contribution < 1.29 is 14.6 Å². The molecule has 1 heterocycles. The number of nitrogens with one attached hydrogen (secondary N) is 3. The fourth-order valence-electron chi connectivity index (χ4n) is 5.15. The van der Waals surface area contributed by atoms with E-state index in [9.17, 15) is 4.79 Å². The lowest BCUT2D eigenvalue weighted by atomic mass is 9.96. The van der Waals surface area contributed by atoms with Crippen LogP contribution in [0.2, 0.25) is 0 Å². The number of carbonyl (C=O) groups is 1. The number of amides is 1. The van der Waals surface area contributed by atoms with Crippen molar-refractivity contribution in [3.8, 4) is 0 Å². The number of rotatable bonds is 6. The van der Waals surface area contributed by atoms with Gasteiger partial charge in [-0.15, -0.1) is 0 Å². The normalized spacial score (nSPS) is 23.8. The smallest absolute Gasteiger partial charge is 0.278 e. The number of piperazine rings is 1. The van der Waals surface area contributed by atoms with Gasteiger partial charge in [0, 0.05) is 17.2 Å². The van der Waals surface area contributed by atoms with E-state index in [1.807, 2.05) is 0 Å². The summed E-state index contributed by atoms with van der Waals surface area (Å²) in [5.74, 6) is 0.248. The summed E-state index contributed by atoms with van der Waals surface area (Å²) in [6.07, 6.45) is 4.83. The summed E-state index contributed by atoms with van der Waals surface area (Å²) in [4.78, 5) is 15.8. The molecule has 1 atom stereocenters. The highest BCUT2D eigenvalue weighted by Gasteiger charge is 2.36. The van der Waals surface area contributed by atoms with Crippen molar-refractivity contribution in [1.82, 2.24) is 5.32 Å². The van der Waals surface area contributed by atoms with E-state index < -0.39 is 0 Å². The Morgan fingerprint density at radius 3 is 1.83 bits per heavy atom. The van der Waals surface area contributed by atoms with Crippen LogP contribution in [0.25, 0.3) is 0 Å². The lowest BCUT2D eigenvalue weighted by Crippen LogP contribution is -3.30. The Morgan fingerprint density at radius 2 is 1.31 bits per heavy atom. The number of quaternary nitrogens is 2. The molecule has 0 spiro atoms. The Hall–Kier alpha value is -2.17. The van der Waals surface area contributed by atoms with Crippen LogP contribution in [-0.4, -0.2) is 44.2 Å². The molecule has 4 nitrogen and oxygen atoms in total. The largest absolute Gasteiger partial charge is 0.348 e. The van der Waals surface area contributed by atoms with Crippen LogP contribution in [0.3, 0.4) is 0 Å². The molecule has 0 radical (unpaired) electrons. The van der Waals surface area contributed by atoms with Crippen LogP contribution < -0.4 is 15.1 Å². The zero-order valence-electron chi connectivity index (χ0n) is 17.6. The molecule has 2 aromatic carbocycles. The molecular formula is C25H35N3O+2. The molecule has 2 aromatic rings. The molecule has 2 fully saturated rings. The average Bonchev–Trinajstić information content (AvgIpc) is 3.28. The first-order valence-electron chi connectivity index (χ1n) is 11.3. The number of hydrogen-bond donors (Lipinski definition) is 3. The molecule has 0 unspecified atom stereocenters. The van der Waals surface area contributed by atoms with Crippen LogP contribution in [0.15, 0.2) is 60.7 Å². The van der Waals surface area contributed by atoms with Gasteiger partial charge in [-0.05, 0) is 19.8 Å². The molecule has 4 heteroatoms. The van der Waals surface area contributed by atoms with Crippen LogP contribution >= 0.6 is 0 Å². The van der Waals surface area contributed by atoms with Crippen molar-refractivity contribution in [2.24, 2.45) is 0 Å². The van der Waals surface area contributed by atoms with Gasteiger partial charge in [0.25, 0.3) is 5.91 Å². The van der Waals surface area contributed by atoms with Crippen molar-refractivity contribution in [3.63, 3.8) is 0 Å². The Morgan fingerprint density at radius 1 is 0.828 bits per heavy atom. The molecule has 29 heavy (non-hydrogen) atoms. The maximum atomic E-state index is 12.7. The topological polar surface area (TPSA) is 38.0 Å². The third-order valence-electron chi connectivity index (χ3n) is 6.92. The third kappa shape index (κ3) is 4.88. The van der Waals surface area contributed by atoms with Gasteiger partial charge in [0.15, 0.2) is 6.04 Å². The number of benzene rings is 2. The van der Waals surface area contributed by atoms with Crippen molar-refractivity contribution in [2.75, 3.05) is 26.2 Å². The first-order valence-corrected chi connectivity index (χ1v) is 11.3. The van der Waals surface area contributed by atoms with Gasteiger partial charge >= 0.3 is 0 Å². The molecule has 0 bridgehead atoms. The quantitative estimate of drug-likeness (QED) is 0.673. The van der Waals surface area contributed by atoms with E-state index in [1.54, 1.807) is 4.90 Å². The first-order chi connectivity index (χ1) is 14.2. The maximum absolute atomic E-state index is 12.7. The van der Waals surface area contributed by atoms with E-state index >= 15 is 0 Å². The van der Waals surface area contributed by atoms with E-state index in [0.29, 0.717) is 12.1 Å². The molecule has 1 aliphatic carbocycles. The lowest BCUT2D eigenvalue weighted by molar-refractivity contribution is -1.03. The molecule has 3 N–H and O–H groups in total. The first kappa shape index (κ1) is 20.1.